The second-order valence-electron chi connectivity index (χ2n) is 8.88. The fourth-order valence-electron chi connectivity index (χ4n) is 5.14. The number of carbonyl (C=O) groups is 1. The molecule has 2 atom stereocenters. The third-order valence-corrected chi connectivity index (χ3v) is 9.44. The second-order valence-corrected chi connectivity index (χ2v) is 11.1. The van der Waals surface area contributed by atoms with Crippen LogP contribution in [0.4, 0.5) is 22.0 Å². The van der Waals surface area contributed by atoms with Crippen molar-refractivity contribution >= 4 is 15.7 Å². The molecule has 0 unspecified atom stereocenters. The van der Waals surface area contributed by atoms with Crippen LogP contribution < -0.4 is 4.74 Å². The molecule has 0 aromatic heterocycles. The number of ether oxygens (including phenoxy) is 1. The molecule has 1 saturated heterocycles. The Bertz CT molecular complexity index is 1260. The van der Waals surface area contributed by atoms with Gasteiger partial charge in [0, 0.05) is 12.5 Å². The van der Waals surface area contributed by atoms with Crippen LogP contribution in [0.1, 0.15) is 36.8 Å². The number of halogens is 5. The van der Waals surface area contributed by atoms with Gasteiger partial charge in [-0.1, -0.05) is 0 Å². The van der Waals surface area contributed by atoms with Gasteiger partial charge >= 0.3 is 6.18 Å². The summed E-state index contributed by atoms with van der Waals surface area (Å²) in [5, 5.41) is 0. The third kappa shape index (κ3) is 3.30. The largest absolute Gasteiger partial charge is 0.488 e. The zero-order chi connectivity index (χ0) is 24.5. The molecule has 1 saturated carbocycles. The predicted molar refractivity (Wildman–Crippen MR) is 110 cm³/mol. The van der Waals surface area contributed by atoms with Crippen molar-refractivity contribution in [1.29, 1.82) is 0 Å². The first kappa shape index (κ1) is 23.1. The van der Waals surface area contributed by atoms with Gasteiger partial charge in [0.1, 0.15) is 17.2 Å². The number of benzene rings is 2. The number of likely N-dealkylation sites (tertiary alicyclic amines) is 1. The summed E-state index contributed by atoms with van der Waals surface area (Å²) >= 11 is 0. The number of hydrogen-bond donors (Lipinski definition) is 0. The zero-order valence-electron chi connectivity index (χ0n) is 17.7. The van der Waals surface area contributed by atoms with E-state index in [-0.39, 0.29) is 37.8 Å². The highest BCUT2D eigenvalue weighted by Crippen LogP contribution is 2.54. The molecule has 2 aliphatic heterocycles. The first-order chi connectivity index (χ1) is 16.0. The Kier molecular flexibility index (Phi) is 5.20. The Labute approximate surface area is 192 Å². The molecule has 3 aliphatic rings. The Morgan fingerprint density at radius 1 is 1.03 bits per heavy atom. The Balaban J connectivity index is 1.73. The fraction of sp³-hybridized carbons (Fsp3) is 0.435. The van der Waals surface area contributed by atoms with E-state index in [1.165, 1.54) is 4.90 Å². The summed E-state index contributed by atoms with van der Waals surface area (Å²) in [5.74, 6) is -3.06. The van der Waals surface area contributed by atoms with Crippen LogP contribution in [-0.4, -0.2) is 38.4 Å². The number of hydrogen-bond acceptors (Lipinski definition) is 4. The maximum Gasteiger partial charge on any atom is 0.416 e. The Morgan fingerprint density at radius 3 is 2.29 bits per heavy atom. The van der Waals surface area contributed by atoms with Gasteiger partial charge in [-0.2, -0.15) is 13.2 Å². The Hall–Kier alpha value is -2.69. The number of alkyl halides is 3. The van der Waals surface area contributed by atoms with Gasteiger partial charge in [-0.3, -0.25) is 4.79 Å². The van der Waals surface area contributed by atoms with E-state index in [2.05, 4.69) is 0 Å². The molecule has 2 fully saturated rings. The van der Waals surface area contributed by atoms with Gasteiger partial charge < -0.3 is 9.64 Å². The standard InChI is InChI=1S/C23H20F5NO4S/c24-16-8-9-17(25)20-19(16)22(34(31,32)15-6-4-14(5-7-15)23(26,27)28)10-1-11-29(18(22)12-33-20)21(30)13-2-3-13/h4-9,13,18H,1-3,10-12H2/t18-,22+/m1/s1. The molecule has 2 aromatic rings. The highest BCUT2D eigenvalue weighted by molar-refractivity contribution is 7.92. The highest BCUT2D eigenvalue weighted by atomic mass is 32.2. The summed E-state index contributed by atoms with van der Waals surface area (Å²) in [7, 11) is -4.62. The lowest BCUT2D eigenvalue weighted by Gasteiger charge is -2.51. The maximum atomic E-state index is 15.3. The number of sulfone groups is 1. The first-order valence-corrected chi connectivity index (χ1v) is 12.3. The number of carbonyl (C=O) groups excluding carboxylic acids is 1. The predicted octanol–water partition coefficient (Wildman–Crippen LogP) is 4.45. The van der Waals surface area contributed by atoms with Crippen LogP contribution in [0.25, 0.3) is 0 Å². The fourth-order valence-corrected chi connectivity index (χ4v) is 7.48. The molecule has 0 spiro atoms. The van der Waals surface area contributed by atoms with E-state index in [9.17, 15) is 30.8 Å². The molecule has 1 aliphatic carbocycles. The van der Waals surface area contributed by atoms with Crippen molar-refractivity contribution in [1.82, 2.24) is 4.90 Å². The van der Waals surface area contributed by atoms with Gasteiger partial charge in [0.25, 0.3) is 0 Å². The van der Waals surface area contributed by atoms with Crippen molar-refractivity contribution in [2.24, 2.45) is 5.92 Å². The number of fused-ring (bicyclic) bond motifs is 3. The molecular weight excluding hydrogens is 481 g/mol. The van der Waals surface area contributed by atoms with Crippen LogP contribution in [0.3, 0.4) is 0 Å². The molecule has 34 heavy (non-hydrogen) atoms. The quantitative estimate of drug-likeness (QED) is 0.584. The van der Waals surface area contributed by atoms with Crippen LogP contribution in [-0.2, 0) is 25.6 Å². The van der Waals surface area contributed by atoms with Crippen LogP contribution in [0.2, 0.25) is 0 Å². The molecule has 182 valence electrons. The van der Waals surface area contributed by atoms with E-state index in [0.717, 1.165) is 24.3 Å². The summed E-state index contributed by atoms with van der Waals surface area (Å²) in [6.45, 7) is -0.161. The number of piperidine rings is 1. The van der Waals surface area contributed by atoms with Gasteiger partial charge in [-0.05, 0) is 62.1 Å². The van der Waals surface area contributed by atoms with E-state index >= 15 is 4.39 Å². The minimum absolute atomic E-state index is 0.147. The van der Waals surface area contributed by atoms with Crippen LogP contribution >= 0.6 is 0 Å². The molecule has 2 heterocycles. The van der Waals surface area contributed by atoms with Crippen LogP contribution in [0.5, 0.6) is 5.75 Å². The number of amides is 1. The molecule has 2 aromatic carbocycles. The lowest BCUT2D eigenvalue weighted by Crippen LogP contribution is -2.64. The molecule has 0 radical (unpaired) electrons. The molecule has 5 nitrogen and oxygen atoms in total. The minimum atomic E-state index is -4.68. The smallest absolute Gasteiger partial charge is 0.416 e. The minimum Gasteiger partial charge on any atom is -0.488 e. The summed E-state index contributed by atoms with van der Waals surface area (Å²) in [6.07, 6.45) is -3.33. The molecule has 1 amide bonds. The number of nitrogens with zero attached hydrogens (tertiary/aromatic N) is 1. The Morgan fingerprint density at radius 2 is 1.68 bits per heavy atom. The van der Waals surface area contributed by atoms with Gasteiger partial charge in [0.2, 0.25) is 5.91 Å². The first-order valence-electron chi connectivity index (χ1n) is 10.8. The monoisotopic (exact) mass is 501 g/mol. The van der Waals surface area contributed by atoms with Crippen molar-refractivity contribution in [3.05, 3.63) is 59.2 Å². The van der Waals surface area contributed by atoms with Crippen molar-refractivity contribution < 1.29 is 39.9 Å². The molecule has 11 heteroatoms. The van der Waals surface area contributed by atoms with Crippen molar-refractivity contribution in [3.8, 4) is 5.75 Å². The SMILES string of the molecule is O=C(C1CC1)N1CCC[C@@]2(S(=O)(=O)c3ccc(C(F)(F)F)cc3)c3c(F)ccc(F)c3OC[C@@H]12. The summed E-state index contributed by atoms with van der Waals surface area (Å²) in [6, 6.07) is 3.36. The van der Waals surface area contributed by atoms with Gasteiger partial charge in [-0.15, -0.1) is 0 Å². The van der Waals surface area contributed by atoms with Crippen molar-refractivity contribution in [2.45, 2.75) is 47.5 Å². The average molecular weight is 501 g/mol. The lowest BCUT2D eigenvalue weighted by atomic mass is 9.80. The van der Waals surface area contributed by atoms with Crippen LogP contribution in [0, 0.1) is 17.6 Å². The van der Waals surface area contributed by atoms with Crippen molar-refractivity contribution in [3.63, 3.8) is 0 Å². The third-order valence-electron chi connectivity index (χ3n) is 6.91. The van der Waals surface area contributed by atoms with Gasteiger partial charge in [0.05, 0.1) is 22.1 Å². The van der Waals surface area contributed by atoms with Gasteiger partial charge in [0.15, 0.2) is 21.4 Å². The zero-order valence-corrected chi connectivity index (χ0v) is 18.6. The lowest BCUT2D eigenvalue weighted by molar-refractivity contribution is -0.139. The average Bonchev–Trinajstić information content (AvgIpc) is 3.65. The summed E-state index contributed by atoms with van der Waals surface area (Å²) in [4.78, 5) is 13.9. The van der Waals surface area contributed by atoms with E-state index in [1.54, 1.807) is 0 Å². The topological polar surface area (TPSA) is 63.7 Å². The van der Waals surface area contributed by atoms with Crippen molar-refractivity contribution in [2.75, 3.05) is 13.2 Å². The van der Waals surface area contributed by atoms with E-state index in [0.29, 0.717) is 25.0 Å². The molecule has 0 bridgehead atoms. The summed E-state index contributed by atoms with van der Waals surface area (Å²) in [5.41, 5.74) is -1.56. The van der Waals surface area contributed by atoms with Gasteiger partial charge in [-0.25, -0.2) is 17.2 Å². The van der Waals surface area contributed by atoms with E-state index in [1.807, 2.05) is 0 Å². The number of rotatable bonds is 3. The van der Waals surface area contributed by atoms with E-state index < -0.39 is 60.2 Å². The van der Waals surface area contributed by atoms with E-state index in [4.69, 9.17) is 4.74 Å². The molecular formula is C23H20F5NO4S. The molecule has 5 rings (SSSR count). The highest BCUT2D eigenvalue weighted by Gasteiger charge is 2.62. The maximum absolute atomic E-state index is 15.3. The normalized spacial score (nSPS) is 24.7. The summed E-state index contributed by atoms with van der Waals surface area (Å²) < 4.78 is 101. The molecule has 0 N–H and O–H groups in total. The second kappa shape index (κ2) is 7.66. The van der Waals surface area contributed by atoms with Crippen LogP contribution in [0.15, 0.2) is 41.3 Å².